The molecule has 1 amide bonds. The Balaban J connectivity index is 1.70. The van der Waals surface area contributed by atoms with Gasteiger partial charge in [0.05, 0.1) is 19.3 Å². The van der Waals surface area contributed by atoms with E-state index in [2.05, 4.69) is 22.0 Å². The molecule has 1 aliphatic heterocycles. The standard InChI is InChI=1S/C14H27N3O2/c1-11(12-4-5-12)15-14(18)10-17-6-7-19-13(9-17)8-16(2)3/h11-13H,4-10H2,1-3H3,(H,15,18)/t11-,13+/m1/s1. The number of likely N-dealkylation sites (N-methyl/N-ethyl adjacent to an activating group) is 1. The van der Waals surface area contributed by atoms with Crippen molar-refractivity contribution < 1.29 is 9.53 Å². The first-order valence-corrected chi connectivity index (χ1v) is 7.32. The number of hydrogen-bond acceptors (Lipinski definition) is 4. The first-order chi connectivity index (χ1) is 9.04. The van der Waals surface area contributed by atoms with E-state index in [1.54, 1.807) is 0 Å². The van der Waals surface area contributed by atoms with Crippen LogP contribution in [0.4, 0.5) is 0 Å². The summed E-state index contributed by atoms with van der Waals surface area (Å²) in [6.07, 6.45) is 2.76. The molecule has 0 bridgehead atoms. The number of rotatable bonds is 6. The summed E-state index contributed by atoms with van der Waals surface area (Å²) in [6, 6.07) is 0.339. The molecule has 5 heteroatoms. The van der Waals surface area contributed by atoms with Crippen LogP contribution < -0.4 is 5.32 Å². The topological polar surface area (TPSA) is 44.8 Å². The van der Waals surface area contributed by atoms with Gasteiger partial charge in [-0.05, 0) is 39.8 Å². The van der Waals surface area contributed by atoms with Crippen molar-refractivity contribution in [2.45, 2.75) is 31.9 Å². The molecule has 1 saturated carbocycles. The molecule has 1 N–H and O–H groups in total. The highest BCUT2D eigenvalue weighted by molar-refractivity contribution is 5.78. The molecule has 0 unspecified atom stereocenters. The molecule has 2 atom stereocenters. The minimum Gasteiger partial charge on any atom is -0.374 e. The van der Waals surface area contributed by atoms with Crippen LogP contribution in [-0.4, -0.2) is 74.7 Å². The Hall–Kier alpha value is -0.650. The average Bonchev–Trinajstić information content (AvgIpc) is 3.11. The first kappa shape index (κ1) is 14.8. The van der Waals surface area contributed by atoms with Crippen LogP contribution >= 0.6 is 0 Å². The summed E-state index contributed by atoms with van der Waals surface area (Å²) < 4.78 is 5.71. The van der Waals surface area contributed by atoms with Gasteiger partial charge in [0.15, 0.2) is 0 Å². The molecule has 19 heavy (non-hydrogen) atoms. The van der Waals surface area contributed by atoms with Gasteiger partial charge >= 0.3 is 0 Å². The molecule has 5 nitrogen and oxygen atoms in total. The molecule has 2 rings (SSSR count). The van der Waals surface area contributed by atoms with Gasteiger partial charge in [0.2, 0.25) is 5.91 Å². The molecule has 1 saturated heterocycles. The summed E-state index contributed by atoms with van der Waals surface area (Å²) in [5.74, 6) is 0.875. The molecule has 0 aromatic carbocycles. The van der Waals surface area contributed by atoms with Crippen LogP contribution in [0.25, 0.3) is 0 Å². The van der Waals surface area contributed by atoms with Crippen molar-refractivity contribution in [3.8, 4) is 0 Å². The van der Waals surface area contributed by atoms with E-state index in [9.17, 15) is 4.79 Å². The lowest BCUT2D eigenvalue weighted by Crippen LogP contribution is -2.50. The van der Waals surface area contributed by atoms with Crippen LogP contribution in [0.15, 0.2) is 0 Å². The maximum absolute atomic E-state index is 12.0. The van der Waals surface area contributed by atoms with Crippen molar-refractivity contribution >= 4 is 5.91 Å². The number of ether oxygens (including phenoxy) is 1. The second-order valence-corrected chi connectivity index (χ2v) is 6.18. The van der Waals surface area contributed by atoms with Crippen LogP contribution in [0.3, 0.4) is 0 Å². The summed E-state index contributed by atoms with van der Waals surface area (Å²) in [5, 5.41) is 3.11. The van der Waals surface area contributed by atoms with Crippen molar-refractivity contribution in [3.05, 3.63) is 0 Å². The molecule has 1 aliphatic carbocycles. The van der Waals surface area contributed by atoms with Crippen LogP contribution in [0, 0.1) is 5.92 Å². The highest BCUT2D eigenvalue weighted by Gasteiger charge is 2.29. The Bertz CT molecular complexity index is 305. The zero-order chi connectivity index (χ0) is 13.8. The molecule has 0 aromatic rings. The summed E-state index contributed by atoms with van der Waals surface area (Å²) >= 11 is 0. The maximum atomic E-state index is 12.0. The number of nitrogens with zero attached hydrogens (tertiary/aromatic N) is 2. The molecule has 1 heterocycles. The number of nitrogens with one attached hydrogen (secondary N) is 1. The van der Waals surface area contributed by atoms with Gasteiger partial charge in [-0.2, -0.15) is 0 Å². The molecule has 0 spiro atoms. The first-order valence-electron chi connectivity index (χ1n) is 7.32. The molecule has 0 radical (unpaired) electrons. The van der Waals surface area contributed by atoms with Crippen LogP contribution in [0.5, 0.6) is 0 Å². The zero-order valence-corrected chi connectivity index (χ0v) is 12.4. The second kappa shape index (κ2) is 6.68. The van der Waals surface area contributed by atoms with Gasteiger partial charge < -0.3 is 15.0 Å². The van der Waals surface area contributed by atoms with Crippen LogP contribution in [0.1, 0.15) is 19.8 Å². The van der Waals surface area contributed by atoms with Gasteiger partial charge in [-0.25, -0.2) is 0 Å². The molecule has 110 valence electrons. The van der Waals surface area contributed by atoms with Crippen molar-refractivity contribution in [1.82, 2.24) is 15.1 Å². The van der Waals surface area contributed by atoms with Gasteiger partial charge in [0.1, 0.15) is 0 Å². The summed E-state index contributed by atoms with van der Waals surface area (Å²) in [7, 11) is 4.10. The van der Waals surface area contributed by atoms with Gasteiger partial charge in [-0.1, -0.05) is 0 Å². The number of amides is 1. The summed E-state index contributed by atoms with van der Waals surface area (Å²) in [4.78, 5) is 16.3. The minimum absolute atomic E-state index is 0.157. The SMILES string of the molecule is C[C@@H](NC(=O)CN1CCO[C@@H](CN(C)C)C1)C1CC1. The highest BCUT2D eigenvalue weighted by Crippen LogP contribution is 2.32. The van der Waals surface area contributed by atoms with Gasteiger partial charge in [0.25, 0.3) is 0 Å². The highest BCUT2D eigenvalue weighted by atomic mass is 16.5. The van der Waals surface area contributed by atoms with E-state index < -0.39 is 0 Å². The quantitative estimate of drug-likeness (QED) is 0.746. The predicted octanol–water partition coefficient (Wildman–Crippen LogP) is 0.164. The molecule has 2 fully saturated rings. The minimum atomic E-state index is 0.157. The van der Waals surface area contributed by atoms with E-state index in [1.165, 1.54) is 12.8 Å². The number of carbonyl (C=O) groups is 1. The van der Waals surface area contributed by atoms with E-state index >= 15 is 0 Å². The molecular weight excluding hydrogens is 242 g/mol. The third kappa shape index (κ3) is 5.09. The number of morpholine rings is 1. The Morgan fingerprint density at radius 3 is 2.84 bits per heavy atom. The summed E-state index contributed by atoms with van der Waals surface area (Å²) in [5.41, 5.74) is 0. The monoisotopic (exact) mass is 269 g/mol. The Morgan fingerprint density at radius 2 is 2.21 bits per heavy atom. The maximum Gasteiger partial charge on any atom is 0.234 e. The van der Waals surface area contributed by atoms with Crippen LogP contribution in [-0.2, 0) is 9.53 Å². The number of hydrogen-bond donors (Lipinski definition) is 1. The van der Waals surface area contributed by atoms with E-state index in [-0.39, 0.29) is 12.0 Å². The van der Waals surface area contributed by atoms with E-state index in [0.717, 1.165) is 32.2 Å². The average molecular weight is 269 g/mol. The van der Waals surface area contributed by atoms with Crippen molar-refractivity contribution in [2.75, 3.05) is 46.9 Å². The lowest BCUT2D eigenvalue weighted by molar-refractivity contribution is -0.125. The fraction of sp³-hybridized carbons (Fsp3) is 0.929. The fourth-order valence-electron chi connectivity index (χ4n) is 2.66. The van der Waals surface area contributed by atoms with E-state index in [1.807, 2.05) is 14.1 Å². The third-order valence-electron chi connectivity index (χ3n) is 3.88. The zero-order valence-electron chi connectivity index (χ0n) is 12.4. The largest absolute Gasteiger partial charge is 0.374 e. The fourth-order valence-corrected chi connectivity index (χ4v) is 2.66. The van der Waals surface area contributed by atoms with E-state index in [0.29, 0.717) is 12.6 Å². The smallest absolute Gasteiger partial charge is 0.234 e. The lowest BCUT2D eigenvalue weighted by atomic mass is 10.2. The Labute approximate surface area is 116 Å². The van der Waals surface area contributed by atoms with Gasteiger partial charge in [-0.3, -0.25) is 9.69 Å². The van der Waals surface area contributed by atoms with Gasteiger partial charge in [0, 0.05) is 25.7 Å². The predicted molar refractivity (Wildman–Crippen MR) is 75.1 cm³/mol. The van der Waals surface area contributed by atoms with Crippen molar-refractivity contribution in [1.29, 1.82) is 0 Å². The normalized spacial score (nSPS) is 26.4. The molecule has 0 aromatic heterocycles. The van der Waals surface area contributed by atoms with Crippen molar-refractivity contribution in [3.63, 3.8) is 0 Å². The van der Waals surface area contributed by atoms with E-state index in [4.69, 9.17) is 4.74 Å². The van der Waals surface area contributed by atoms with Gasteiger partial charge in [-0.15, -0.1) is 0 Å². The third-order valence-corrected chi connectivity index (χ3v) is 3.88. The summed E-state index contributed by atoms with van der Waals surface area (Å²) in [6.45, 7) is 5.97. The molecular formula is C14H27N3O2. The van der Waals surface area contributed by atoms with Crippen LogP contribution in [0.2, 0.25) is 0 Å². The lowest BCUT2D eigenvalue weighted by Gasteiger charge is -2.33. The molecule has 2 aliphatic rings. The Morgan fingerprint density at radius 1 is 1.47 bits per heavy atom. The Kier molecular flexibility index (Phi) is 5.19. The second-order valence-electron chi connectivity index (χ2n) is 6.18. The number of carbonyl (C=O) groups excluding carboxylic acids is 1. The van der Waals surface area contributed by atoms with Crippen molar-refractivity contribution in [2.24, 2.45) is 5.92 Å².